The van der Waals surface area contributed by atoms with E-state index in [4.69, 9.17) is 5.73 Å². The Balaban J connectivity index is 1.52. The lowest BCUT2D eigenvalue weighted by atomic mass is 10.0. The van der Waals surface area contributed by atoms with Crippen LogP contribution in [0.15, 0.2) is 60.0 Å². The highest BCUT2D eigenvalue weighted by atomic mass is 32.1. The summed E-state index contributed by atoms with van der Waals surface area (Å²) in [5, 5.41) is 23.3. The van der Waals surface area contributed by atoms with E-state index in [1.807, 2.05) is 44.2 Å². The summed E-state index contributed by atoms with van der Waals surface area (Å²) in [6, 6.07) is 12.8. The van der Waals surface area contributed by atoms with E-state index in [-0.39, 0.29) is 35.6 Å². The van der Waals surface area contributed by atoms with Crippen molar-refractivity contribution in [3.63, 3.8) is 0 Å². The number of carbonyl (C=O) groups excluding carboxylic acids is 4. The van der Waals surface area contributed by atoms with E-state index < -0.39 is 36.0 Å². The van der Waals surface area contributed by atoms with E-state index in [0.717, 1.165) is 11.1 Å². The molecule has 0 aliphatic carbocycles. The normalized spacial score (nSPS) is 20.7. The lowest BCUT2D eigenvalue weighted by Crippen LogP contribution is -2.53. The predicted molar refractivity (Wildman–Crippen MR) is 168 cm³/mol. The van der Waals surface area contributed by atoms with E-state index in [1.54, 1.807) is 17.5 Å². The van der Waals surface area contributed by atoms with Gasteiger partial charge in [-0.2, -0.15) is 0 Å². The van der Waals surface area contributed by atoms with Gasteiger partial charge in [0.25, 0.3) is 5.91 Å². The topological polar surface area (TPSA) is 176 Å². The minimum Gasteiger partial charge on any atom is -0.508 e. The fourth-order valence-electron chi connectivity index (χ4n) is 4.93. The van der Waals surface area contributed by atoms with Gasteiger partial charge in [-0.3, -0.25) is 19.2 Å². The van der Waals surface area contributed by atoms with Crippen LogP contribution in [0.2, 0.25) is 0 Å². The minimum absolute atomic E-state index is 0.0652. The molecule has 0 radical (unpaired) electrons. The summed E-state index contributed by atoms with van der Waals surface area (Å²) in [6.07, 6.45) is 1.97. The number of aromatic hydroxyl groups is 1. The zero-order chi connectivity index (χ0) is 31.6. The molecule has 1 aliphatic heterocycles. The quantitative estimate of drug-likeness (QED) is 0.235. The van der Waals surface area contributed by atoms with Crippen LogP contribution >= 0.6 is 11.3 Å². The zero-order valence-electron chi connectivity index (χ0n) is 24.9. The van der Waals surface area contributed by atoms with Crippen LogP contribution in [0.3, 0.4) is 0 Å². The Labute approximate surface area is 261 Å². The summed E-state index contributed by atoms with van der Waals surface area (Å²) in [4.78, 5) is 57.5. The number of amides is 4. The smallest absolute Gasteiger partial charge is 0.271 e. The molecule has 3 aromatic rings. The number of fused-ring (bicyclic) bond motifs is 2. The van der Waals surface area contributed by atoms with Gasteiger partial charge in [0.2, 0.25) is 17.7 Å². The summed E-state index contributed by atoms with van der Waals surface area (Å²) >= 11 is 1.25. The van der Waals surface area contributed by atoms with Gasteiger partial charge in [0.05, 0.1) is 12.1 Å². The van der Waals surface area contributed by atoms with Gasteiger partial charge in [0.1, 0.15) is 28.5 Å². The third-order valence-electron chi connectivity index (χ3n) is 7.47. The van der Waals surface area contributed by atoms with Gasteiger partial charge < -0.3 is 32.1 Å². The molecular weight excluding hydrogens is 580 g/mol. The average molecular weight is 621 g/mol. The predicted octanol–water partition coefficient (Wildman–Crippen LogP) is 2.36. The molecule has 0 saturated carbocycles. The Morgan fingerprint density at radius 2 is 1.75 bits per heavy atom. The number of aromatic nitrogens is 1. The first kappa shape index (κ1) is 32.6. The highest BCUT2D eigenvalue weighted by Gasteiger charge is 2.30. The Kier molecular flexibility index (Phi) is 11.4. The Morgan fingerprint density at radius 1 is 1.02 bits per heavy atom. The SMILES string of the molecule is CC(C)[C@H]1NC(=O)[C@@H](NC(=O)[C@@H](N)Cc2ccc(O)cc2)CCCCNC(=O)C(Cc2ccccc2)NC(=O)c2csc1n2. The average Bonchev–Trinajstić information content (AvgIpc) is 3.49. The van der Waals surface area contributed by atoms with Crippen molar-refractivity contribution in [1.29, 1.82) is 0 Å². The third kappa shape index (κ3) is 9.10. The van der Waals surface area contributed by atoms with Crippen LogP contribution < -0.4 is 27.0 Å². The summed E-state index contributed by atoms with van der Waals surface area (Å²) in [5.74, 6) is -1.59. The monoisotopic (exact) mass is 620 g/mol. The number of nitrogens with two attached hydrogens (primary N) is 1. The lowest BCUT2D eigenvalue weighted by molar-refractivity contribution is -0.130. The van der Waals surface area contributed by atoms with Crippen molar-refractivity contribution >= 4 is 35.0 Å². The molecule has 12 heteroatoms. The molecule has 0 spiro atoms. The first-order valence-electron chi connectivity index (χ1n) is 14.8. The van der Waals surface area contributed by atoms with E-state index in [1.165, 1.54) is 23.5 Å². The first-order valence-corrected chi connectivity index (χ1v) is 15.7. The number of hydrogen-bond acceptors (Lipinski definition) is 8. The number of phenolic OH excluding ortho intramolecular Hbond substituents is 1. The molecule has 0 saturated heterocycles. The van der Waals surface area contributed by atoms with Crippen LogP contribution in [0.4, 0.5) is 0 Å². The largest absolute Gasteiger partial charge is 0.508 e. The highest BCUT2D eigenvalue weighted by molar-refractivity contribution is 7.09. The van der Waals surface area contributed by atoms with Crippen molar-refractivity contribution in [2.24, 2.45) is 11.7 Å². The van der Waals surface area contributed by atoms with Gasteiger partial charge in [0, 0.05) is 18.3 Å². The molecule has 11 nitrogen and oxygen atoms in total. The molecule has 44 heavy (non-hydrogen) atoms. The number of rotatable bonds is 7. The fraction of sp³-hybridized carbons (Fsp3) is 0.406. The first-order chi connectivity index (χ1) is 21.1. The highest BCUT2D eigenvalue weighted by Crippen LogP contribution is 2.26. The number of benzene rings is 2. The van der Waals surface area contributed by atoms with Crippen LogP contribution in [0.5, 0.6) is 5.75 Å². The van der Waals surface area contributed by atoms with Crippen molar-refractivity contribution in [2.45, 2.75) is 70.1 Å². The van der Waals surface area contributed by atoms with E-state index in [9.17, 15) is 24.3 Å². The third-order valence-corrected chi connectivity index (χ3v) is 8.40. The van der Waals surface area contributed by atoms with Crippen LogP contribution in [0.1, 0.15) is 65.8 Å². The summed E-state index contributed by atoms with van der Waals surface area (Å²) in [5.41, 5.74) is 8.04. The second kappa shape index (κ2) is 15.4. The molecule has 4 atom stereocenters. The van der Waals surface area contributed by atoms with Crippen LogP contribution in [0, 0.1) is 5.92 Å². The molecule has 2 aromatic carbocycles. The molecule has 1 unspecified atom stereocenters. The molecule has 0 fully saturated rings. The maximum absolute atomic E-state index is 13.6. The van der Waals surface area contributed by atoms with Crippen molar-refractivity contribution in [3.8, 4) is 5.75 Å². The summed E-state index contributed by atoms with van der Waals surface area (Å²) in [7, 11) is 0. The van der Waals surface area contributed by atoms with Crippen molar-refractivity contribution in [2.75, 3.05) is 6.54 Å². The number of thiazole rings is 1. The van der Waals surface area contributed by atoms with Gasteiger partial charge in [-0.15, -0.1) is 11.3 Å². The molecule has 2 heterocycles. The number of nitrogens with zero attached hydrogens (tertiary/aromatic N) is 1. The van der Waals surface area contributed by atoms with Crippen LogP contribution in [-0.4, -0.2) is 58.4 Å². The molecule has 4 amide bonds. The molecular formula is C32H40N6O5S. The Hall–Kier alpha value is -4.29. The Morgan fingerprint density at radius 3 is 2.45 bits per heavy atom. The second-order valence-corrected chi connectivity index (χ2v) is 12.2. The van der Waals surface area contributed by atoms with Crippen molar-refractivity contribution in [1.82, 2.24) is 26.3 Å². The van der Waals surface area contributed by atoms with E-state index in [0.29, 0.717) is 37.2 Å². The van der Waals surface area contributed by atoms with E-state index in [2.05, 4.69) is 26.3 Å². The molecule has 2 bridgehead atoms. The van der Waals surface area contributed by atoms with Gasteiger partial charge in [0.15, 0.2) is 0 Å². The van der Waals surface area contributed by atoms with E-state index >= 15 is 0 Å². The molecule has 7 N–H and O–H groups in total. The maximum Gasteiger partial charge on any atom is 0.271 e. The van der Waals surface area contributed by atoms with Crippen molar-refractivity contribution in [3.05, 3.63) is 81.8 Å². The Bertz CT molecular complexity index is 1430. The molecule has 1 aromatic heterocycles. The number of carbonyl (C=O) groups is 4. The second-order valence-electron chi connectivity index (χ2n) is 11.3. The number of nitrogens with one attached hydrogen (secondary N) is 4. The standard InChI is InChI=1S/C32H40N6O5S/c1-19(2)27-32-37-26(18-44-32)31(43)36-25(17-20-8-4-3-5-9-20)29(41)34-15-7-6-10-24(30(42)38-27)35-28(40)23(33)16-21-11-13-22(39)14-12-21/h3-5,8-9,11-14,18-19,23-25,27,39H,6-7,10,15-17,33H2,1-2H3,(H,34,41)(H,35,40)(H,36,43)(H,38,42)/t23-,24-,25?,27+/m0/s1. The number of hydrogen-bond donors (Lipinski definition) is 6. The summed E-state index contributed by atoms with van der Waals surface area (Å²) < 4.78 is 0. The molecule has 234 valence electrons. The molecule has 1 aliphatic rings. The zero-order valence-corrected chi connectivity index (χ0v) is 25.7. The van der Waals surface area contributed by atoms with Crippen LogP contribution in [-0.2, 0) is 27.2 Å². The van der Waals surface area contributed by atoms with Gasteiger partial charge in [-0.05, 0) is 54.9 Å². The molecule has 4 rings (SSSR count). The maximum atomic E-state index is 13.6. The number of phenols is 1. The van der Waals surface area contributed by atoms with Crippen LogP contribution in [0.25, 0.3) is 0 Å². The van der Waals surface area contributed by atoms with Gasteiger partial charge >= 0.3 is 0 Å². The lowest BCUT2D eigenvalue weighted by Gasteiger charge is -2.26. The van der Waals surface area contributed by atoms with Gasteiger partial charge in [-0.25, -0.2) is 4.98 Å². The summed E-state index contributed by atoms with van der Waals surface area (Å²) in [6.45, 7) is 4.20. The fourth-order valence-corrected chi connectivity index (χ4v) is 5.95. The van der Waals surface area contributed by atoms with Gasteiger partial charge in [-0.1, -0.05) is 56.3 Å². The van der Waals surface area contributed by atoms with Crippen molar-refractivity contribution < 1.29 is 24.3 Å². The minimum atomic E-state index is -0.908.